The number of aliphatic imine (C=N–C) groups is 1. The van der Waals surface area contributed by atoms with E-state index < -0.39 is 0 Å². The summed E-state index contributed by atoms with van der Waals surface area (Å²) in [5.41, 5.74) is 2.56. The van der Waals surface area contributed by atoms with E-state index in [0.717, 1.165) is 37.5 Å². The van der Waals surface area contributed by atoms with Crippen LogP contribution in [0.2, 0.25) is 0 Å². The summed E-state index contributed by atoms with van der Waals surface area (Å²) >= 11 is 0. The van der Waals surface area contributed by atoms with Gasteiger partial charge in [-0.25, -0.2) is 0 Å². The van der Waals surface area contributed by atoms with Crippen molar-refractivity contribution in [3.63, 3.8) is 0 Å². The molecule has 16 heavy (non-hydrogen) atoms. The van der Waals surface area contributed by atoms with Gasteiger partial charge < -0.3 is 10.1 Å². The monoisotopic (exact) mass is 218 g/mol. The number of rotatable bonds is 4. The Morgan fingerprint density at radius 3 is 2.94 bits per heavy atom. The highest BCUT2D eigenvalue weighted by molar-refractivity contribution is 5.86. The van der Waals surface area contributed by atoms with E-state index in [4.69, 9.17) is 4.74 Å². The molecule has 1 N–H and O–H groups in total. The molecule has 0 aliphatic carbocycles. The molecular formula is C13H18N2O. The van der Waals surface area contributed by atoms with Gasteiger partial charge in [-0.15, -0.1) is 0 Å². The second-order valence-electron chi connectivity index (χ2n) is 3.93. The molecule has 3 nitrogen and oxygen atoms in total. The van der Waals surface area contributed by atoms with Crippen molar-refractivity contribution in [3.8, 4) is 5.75 Å². The Labute approximate surface area is 96.5 Å². The van der Waals surface area contributed by atoms with Gasteiger partial charge in [-0.05, 0) is 18.1 Å². The summed E-state index contributed by atoms with van der Waals surface area (Å²) in [5.74, 6) is 2.03. The molecule has 0 saturated carbocycles. The number of hydrogen-bond acceptors (Lipinski definition) is 3. The molecule has 1 aromatic rings. The molecule has 2 rings (SSSR count). The zero-order chi connectivity index (χ0) is 11.4. The van der Waals surface area contributed by atoms with Crippen LogP contribution in [0.3, 0.4) is 0 Å². The average Bonchev–Trinajstić information content (AvgIpc) is 2.82. The summed E-state index contributed by atoms with van der Waals surface area (Å²) in [6.07, 6.45) is 1.90. The minimum atomic E-state index is 0.844. The van der Waals surface area contributed by atoms with E-state index in [1.54, 1.807) is 7.11 Å². The summed E-state index contributed by atoms with van der Waals surface area (Å²) in [6.45, 7) is 4.02. The van der Waals surface area contributed by atoms with Crippen LogP contribution >= 0.6 is 0 Å². The van der Waals surface area contributed by atoms with Gasteiger partial charge in [0.05, 0.1) is 13.7 Å². The minimum absolute atomic E-state index is 0.844. The molecule has 86 valence electrons. The van der Waals surface area contributed by atoms with Crippen LogP contribution in [-0.4, -0.2) is 26.0 Å². The fraction of sp³-hybridized carbons (Fsp3) is 0.462. The Hall–Kier alpha value is -1.51. The average molecular weight is 218 g/mol. The van der Waals surface area contributed by atoms with Crippen molar-refractivity contribution in [2.45, 2.75) is 19.8 Å². The van der Waals surface area contributed by atoms with Gasteiger partial charge in [-0.2, -0.15) is 0 Å². The number of methoxy groups -OCH3 is 1. The zero-order valence-electron chi connectivity index (χ0n) is 9.92. The van der Waals surface area contributed by atoms with Gasteiger partial charge in [0.15, 0.2) is 0 Å². The molecule has 3 heteroatoms. The van der Waals surface area contributed by atoms with Crippen molar-refractivity contribution in [2.75, 3.05) is 20.2 Å². The third-order valence-electron chi connectivity index (χ3n) is 2.85. The molecule has 0 bridgehead atoms. The maximum atomic E-state index is 5.37. The van der Waals surface area contributed by atoms with Crippen LogP contribution in [0, 0.1) is 0 Å². The SMILES string of the molecule is CCc1ccc(OC)c(CC2=NCCN2)c1. The van der Waals surface area contributed by atoms with E-state index in [-0.39, 0.29) is 0 Å². The number of amidine groups is 1. The van der Waals surface area contributed by atoms with Gasteiger partial charge in [0.25, 0.3) is 0 Å². The second-order valence-corrected chi connectivity index (χ2v) is 3.93. The minimum Gasteiger partial charge on any atom is -0.496 e. The van der Waals surface area contributed by atoms with Crippen LogP contribution in [0.1, 0.15) is 18.1 Å². The van der Waals surface area contributed by atoms with Crippen molar-refractivity contribution >= 4 is 5.84 Å². The van der Waals surface area contributed by atoms with Gasteiger partial charge in [0, 0.05) is 18.5 Å². The highest BCUT2D eigenvalue weighted by Gasteiger charge is 2.10. The number of ether oxygens (including phenoxy) is 1. The standard InChI is InChI=1S/C13H18N2O/c1-3-10-4-5-12(16-2)11(8-10)9-13-14-6-7-15-13/h4-5,8H,3,6-7,9H2,1-2H3,(H,14,15). The fourth-order valence-electron chi connectivity index (χ4n) is 1.94. The second kappa shape index (κ2) is 5.01. The number of aryl methyl sites for hydroxylation is 1. The lowest BCUT2D eigenvalue weighted by molar-refractivity contribution is 0.411. The van der Waals surface area contributed by atoms with Gasteiger partial charge >= 0.3 is 0 Å². The predicted octanol–water partition coefficient (Wildman–Crippen LogP) is 1.80. The molecule has 1 aliphatic rings. The molecule has 0 aromatic heterocycles. The molecule has 1 aromatic carbocycles. The third kappa shape index (κ3) is 2.35. The van der Waals surface area contributed by atoms with Crippen LogP contribution in [-0.2, 0) is 12.8 Å². The first-order chi connectivity index (χ1) is 7.83. The lowest BCUT2D eigenvalue weighted by Crippen LogP contribution is -2.20. The summed E-state index contributed by atoms with van der Waals surface area (Å²) in [4.78, 5) is 4.41. The van der Waals surface area contributed by atoms with Crippen molar-refractivity contribution in [3.05, 3.63) is 29.3 Å². The number of hydrogen-bond donors (Lipinski definition) is 1. The third-order valence-corrected chi connectivity index (χ3v) is 2.85. The van der Waals surface area contributed by atoms with E-state index in [0.29, 0.717) is 0 Å². The van der Waals surface area contributed by atoms with E-state index in [1.165, 1.54) is 11.1 Å². The maximum Gasteiger partial charge on any atom is 0.122 e. The maximum absolute atomic E-state index is 5.37. The molecule has 0 atom stereocenters. The highest BCUT2D eigenvalue weighted by Crippen LogP contribution is 2.21. The first kappa shape index (κ1) is 11.0. The van der Waals surface area contributed by atoms with E-state index >= 15 is 0 Å². The Bertz CT molecular complexity index is 399. The van der Waals surface area contributed by atoms with Gasteiger partial charge in [0.2, 0.25) is 0 Å². The molecule has 0 radical (unpaired) electrons. The molecule has 0 saturated heterocycles. The number of benzene rings is 1. The molecule has 0 fully saturated rings. The lowest BCUT2D eigenvalue weighted by Gasteiger charge is -2.10. The molecule has 0 unspecified atom stereocenters. The van der Waals surface area contributed by atoms with E-state index in [9.17, 15) is 0 Å². The predicted molar refractivity (Wildman–Crippen MR) is 66.4 cm³/mol. The Kier molecular flexibility index (Phi) is 3.44. The topological polar surface area (TPSA) is 33.6 Å². The van der Waals surface area contributed by atoms with Gasteiger partial charge in [0.1, 0.15) is 11.6 Å². The number of nitrogens with zero attached hydrogens (tertiary/aromatic N) is 1. The first-order valence-electron chi connectivity index (χ1n) is 5.76. The van der Waals surface area contributed by atoms with E-state index in [1.807, 2.05) is 6.07 Å². The molecule has 1 aliphatic heterocycles. The molecule has 0 spiro atoms. The summed E-state index contributed by atoms with van der Waals surface area (Å²) in [7, 11) is 1.72. The van der Waals surface area contributed by atoms with Crippen LogP contribution in [0.5, 0.6) is 5.75 Å². The largest absolute Gasteiger partial charge is 0.496 e. The van der Waals surface area contributed by atoms with E-state index in [2.05, 4.69) is 29.4 Å². The normalized spacial score (nSPS) is 14.5. The van der Waals surface area contributed by atoms with Crippen LogP contribution in [0.25, 0.3) is 0 Å². The van der Waals surface area contributed by atoms with Crippen molar-refractivity contribution < 1.29 is 4.74 Å². The van der Waals surface area contributed by atoms with Crippen LogP contribution in [0.15, 0.2) is 23.2 Å². The Morgan fingerprint density at radius 2 is 2.31 bits per heavy atom. The summed E-state index contributed by atoms with van der Waals surface area (Å²) in [5, 5.41) is 3.29. The Morgan fingerprint density at radius 1 is 1.44 bits per heavy atom. The lowest BCUT2D eigenvalue weighted by atomic mass is 10.0. The molecule has 1 heterocycles. The quantitative estimate of drug-likeness (QED) is 0.836. The number of nitrogens with one attached hydrogen (secondary N) is 1. The highest BCUT2D eigenvalue weighted by atomic mass is 16.5. The van der Waals surface area contributed by atoms with Crippen molar-refractivity contribution in [1.29, 1.82) is 0 Å². The Balaban J connectivity index is 2.22. The molecular weight excluding hydrogens is 200 g/mol. The zero-order valence-corrected chi connectivity index (χ0v) is 9.92. The smallest absolute Gasteiger partial charge is 0.122 e. The van der Waals surface area contributed by atoms with Crippen molar-refractivity contribution in [1.82, 2.24) is 5.32 Å². The van der Waals surface area contributed by atoms with Crippen LogP contribution < -0.4 is 10.1 Å². The van der Waals surface area contributed by atoms with Crippen LogP contribution in [0.4, 0.5) is 0 Å². The first-order valence-corrected chi connectivity index (χ1v) is 5.76. The summed E-state index contributed by atoms with van der Waals surface area (Å²) in [6, 6.07) is 6.37. The molecule has 0 amide bonds. The fourth-order valence-corrected chi connectivity index (χ4v) is 1.94. The van der Waals surface area contributed by atoms with Gasteiger partial charge in [-0.3, -0.25) is 4.99 Å². The van der Waals surface area contributed by atoms with Crippen molar-refractivity contribution in [2.24, 2.45) is 4.99 Å². The summed E-state index contributed by atoms with van der Waals surface area (Å²) < 4.78 is 5.37. The van der Waals surface area contributed by atoms with Gasteiger partial charge in [-0.1, -0.05) is 19.1 Å².